The third kappa shape index (κ3) is 6.92. The molecule has 1 aliphatic carbocycles. The van der Waals surface area contributed by atoms with Gasteiger partial charge in [-0.3, -0.25) is 18.7 Å². The molecule has 2 aliphatic rings. The number of amides is 2. The maximum Gasteiger partial charge on any atom is 0.417 e. The van der Waals surface area contributed by atoms with E-state index in [2.05, 4.69) is 31.2 Å². The maximum atomic E-state index is 14.3. The number of ether oxygens (including phenoxy) is 2. The van der Waals surface area contributed by atoms with Crippen LogP contribution >= 0.6 is 15.9 Å². The van der Waals surface area contributed by atoms with Gasteiger partial charge < -0.3 is 19.7 Å². The van der Waals surface area contributed by atoms with Crippen LogP contribution < -0.4 is 20.5 Å². The molecule has 7 rings (SSSR count). The number of rotatable bonds is 9. The quantitative estimate of drug-likeness (QED) is 0.184. The number of fused-ring (bicyclic) bond motifs is 1. The molecule has 1 N–H and O–H groups in total. The van der Waals surface area contributed by atoms with Crippen molar-refractivity contribution < 1.29 is 32.2 Å². The summed E-state index contributed by atoms with van der Waals surface area (Å²) in [5, 5.41) is 2.95. The molecule has 52 heavy (non-hydrogen) atoms. The number of aromatic nitrogens is 4. The molecule has 3 heterocycles. The van der Waals surface area contributed by atoms with E-state index in [1.807, 2.05) is 24.3 Å². The summed E-state index contributed by atoms with van der Waals surface area (Å²) in [5.74, 6) is -0.631. The van der Waals surface area contributed by atoms with Crippen LogP contribution in [0.1, 0.15) is 57.4 Å². The van der Waals surface area contributed by atoms with E-state index in [9.17, 15) is 27.6 Å². The fraction of sp³-hybridized carbons (Fsp3) is 0.270. The van der Waals surface area contributed by atoms with Crippen molar-refractivity contribution in [3.63, 3.8) is 0 Å². The molecule has 0 radical (unpaired) electrons. The number of nitrogens with zero attached hydrogens (tertiary/aromatic N) is 5. The largest absolute Gasteiger partial charge is 0.490 e. The monoisotopic (exact) mass is 776 g/mol. The summed E-state index contributed by atoms with van der Waals surface area (Å²) < 4.78 is 54.8. The van der Waals surface area contributed by atoms with Gasteiger partial charge in [0.05, 0.1) is 42.4 Å². The molecule has 1 atom stereocenters. The van der Waals surface area contributed by atoms with Crippen molar-refractivity contribution >= 4 is 27.7 Å². The Morgan fingerprint density at radius 1 is 1.04 bits per heavy atom. The van der Waals surface area contributed by atoms with Crippen LogP contribution in [0.25, 0.3) is 16.9 Å². The van der Waals surface area contributed by atoms with Crippen molar-refractivity contribution in [2.24, 2.45) is 0 Å². The number of carbonyl (C=O) groups is 2. The van der Waals surface area contributed by atoms with Crippen LogP contribution in [-0.4, -0.2) is 55.1 Å². The SMILES string of the molecule is COc1nccc(-c2ccccc2CNC(=O)c2c3n(c(=O)n2-c2ccc(OC4CC4)cc2)C[C@@H](C)N(C(=O)c2ccc(Br)c(C(F)(F)F)c2)C3)n1. The molecule has 1 aliphatic heterocycles. The van der Waals surface area contributed by atoms with E-state index in [0.29, 0.717) is 17.1 Å². The first-order valence-electron chi connectivity index (χ1n) is 16.5. The summed E-state index contributed by atoms with van der Waals surface area (Å²) in [6.07, 6.45) is -1.03. The van der Waals surface area contributed by atoms with Crippen LogP contribution in [0.2, 0.25) is 0 Å². The molecule has 3 aromatic carbocycles. The highest BCUT2D eigenvalue weighted by molar-refractivity contribution is 9.10. The highest BCUT2D eigenvalue weighted by Crippen LogP contribution is 2.36. The van der Waals surface area contributed by atoms with E-state index in [1.54, 1.807) is 43.5 Å². The van der Waals surface area contributed by atoms with E-state index in [1.165, 1.54) is 33.3 Å². The van der Waals surface area contributed by atoms with E-state index in [-0.39, 0.29) is 53.2 Å². The van der Waals surface area contributed by atoms with E-state index >= 15 is 0 Å². The summed E-state index contributed by atoms with van der Waals surface area (Å²) in [5.41, 5.74) is 1.02. The zero-order valence-corrected chi connectivity index (χ0v) is 29.6. The minimum Gasteiger partial charge on any atom is -0.490 e. The van der Waals surface area contributed by atoms with Gasteiger partial charge in [-0.15, -0.1) is 0 Å². The molecule has 0 bridgehead atoms. The zero-order chi connectivity index (χ0) is 36.7. The van der Waals surface area contributed by atoms with Crippen molar-refractivity contribution in [1.29, 1.82) is 0 Å². The van der Waals surface area contributed by atoms with Crippen LogP contribution in [0.4, 0.5) is 13.2 Å². The molecule has 2 aromatic heterocycles. The molecule has 0 saturated heterocycles. The van der Waals surface area contributed by atoms with Crippen molar-refractivity contribution in [2.75, 3.05) is 7.11 Å². The van der Waals surface area contributed by atoms with Crippen LogP contribution in [0.5, 0.6) is 11.8 Å². The van der Waals surface area contributed by atoms with Gasteiger partial charge in [-0.2, -0.15) is 18.2 Å². The molecule has 5 aromatic rings. The molecule has 268 valence electrons. The second kappa shape index (κ2) is 13.9. The Hall–Kier alpha value is -5.44. The predicted molar refractivity (Wildman–Crippen MR) is 187 cm³/mol. The lowest BCUT2D eigenvalue weighted by Gasteiger charge is -2.34. The van der Waals surface area contributed by atoms with Crippen LogP contribution in [-0.2, 0) is 25.8 Å². The number of nitrogens with one attached hydrogen (secondary N) is 1. The second-order valence-electron chi connectivity index (χ2n) is 12.6. The van der Waals surface area contributed by atoms with Crippen molar-refractivity contribution in [1.82, 2.24) is 29.3 Å². The standard InChI is InChI=1S/C37H32BrF3N6O5/c1-21-19-46-31(20-45(21)34(49)22-7-14-29(38)28(17-22)37(39,40)41)32(47(36(46)50)24-8-10-25(11-9-24)52-26-12-13-26)33(48)43-18-23-5-3-4-6-27(23)30-15-16-42-35(44-30)51-2/h3-11,14-17,21,26H,12-13,18-20H2,1-2H3,(H,43,48)/t21-/m1/s1. The molecule has 0 spiro atoms. The first kappa shape index (κ1) is 35.0. The Bertz CT molecular complexity index is 2230. The van der Waals surface area contributed by atoms with E-state index < -0.39 is 35.3 Å². The molecule has 1 saturated carbocycles. The summed E-state index contributed by atoms with van der Waals surface area (Å²) in [6.45, 7) is 1.56. The van der Waals surface area contributed by atoms with Gasteiger partial charge in [-0.1, -0.05) is 40.2 Å². The Labute approximate surface area is 304 Å². The Kier molecular flexibility index (Phi) is 9.38. The van der Waals surface area contributed by atoms with Crippen LogP contribution in [0, 0.1) is 0 Å². The van der Waals surface area contributed by atoms with Gasteiger partial charge in [-0.05, 0) is 73.9 Å². The molecule has 1 fully saturated rings. The number of benzene rings is 3. The maximum absolute atomic E-state index is 14.3. The molecule has 0 unspecified atom stereocenters. The molecular formula is C37H32BrF3N6O5. The number of methoxy groups -OCH3 is 1. The lowest BCUT2D eigenvalue weighted by Crippen LogP contribution is -2.47. The highest BCUT2D eigenvalue weighted by Gasteiger charge is 2.37. The van der Waals surface area contributed by atoms with Gasteiger partial charge in [0.25, 0.3) is 11.8 Å². The van der Waals surface area contributed by atoms with E-state index in [0.717, 1.165) is 30.0 Å². The minimum absolute atomic E-state index is 0.00136. The van der Waals surface area contributed by atoms with Crippen LogP contribution in [0.15, 0.2) is 88.3 Å². The summed E-state index contributed by atoms with van der Waals surface area (Å²) >= 11 is 2.93. The third-order valence-electron chi connectivity index (χ3n) is 9.01. The number of halogens is 4. The predicted octanol–water partition coefficient (Wildman–Crippen LogP) is 6.40. The summed E-state index contributed by atoms with van der Waals surface area (Å²) in [6, 6.07) is 18.8. The highest BCUT2D eigenvalue weighted by atomic mass is 79.9. The zero-order valence-electron chi connectivity index (χ0n) is 28.0. The number of hydrogen-bond acceptors (Lipinski definition) is 7. The average molecular weight is 778 g/mol. The molecular weight excluding hydrogens is 745 g/mol. The number of hydrogen-bond donors (Lipinski definition) is 1. The van der Waals surface area contributed by atoms with Gasteiger partial charge in [0.1, 0.15) is 11.4 Å². The Morgan fingerprint density at radius 2 is 1.79 bits per heavy atom. The Morgan fingerprint density at radius 3 is 2.50 bits per heavy atom. The van der Waals surface area contributed by atoms with Gasteiger partial charge >= 0.3 is 17.9 Å². The third-order valence-corrected chi connectivity index (χ3v) is 9.70. The van der Waals surface area contributed by atoms with Gasteiger partial charge in [0, 0.05) is 40.9 Å². The first-order valence-corrected chi connectivity index (χ1v) is 17.2. The lowest BCUT2D eigenvalue weighted by molar-refractivity contribution is -0.138. The van der Waals surface area contributed by atoms with E-state index in [4.69, 9.17) is 9.47 Å². The Balaban J connectivity index is 1.25. The fourth-order valence-corrected chi connectivity index (χ4v) is 6.70. The van der Waals surface area contributed by atoms with Crippen molar-refractivity contribution in [2.45, 2.75) is 57.7 Å². The first-order chi connectivity index (χ1) is 24.9. The molecule has 15 heteroatoms. The topological polar surface area (TPSA) is 121 Å². The minimum atomic E-state index is -4.69. The van der Waals surface area contributed by atoms with Gasteiger partial charge in [-0.25, -0.2) is 9.78 Å². The number of alkyl halides is 3. The summed E-state index contributed by atoms with van der Waals surface area (Å²) in [4.78, 5) is 52.1. The van der Waals surface area contributed by atoms with Gasteiger partial charge in [0.15, 0.2) is 0 Å². The number of carbonyl (C=O) groups excluding carboxylic acids is 2. The normalized spacial score (nSPS) is 15.6. The second-order valence-corrected chi connectivity index (χ2v) is 13.4. The summed E-state index contributed by atoms with van der Waals surface area (Å²) in [7, 11) is 1.46. The molecule has 2 amide bonds. The van der Waals surface area contributed by atoms with Crippen molar-refractivity contribution in [3.8, 4) is 28.7 Å². The van der Waals surface area contributed by atoms with Crippen LogP contribution in [0.3, 0.4) is 0 Å². The average Bonchev–Trinajstić information content (AvgIpc) is 3.92. The number of imidazole rings is 1. The van der Waals surface area contributed by atoms with Gasteiger partial charge in [0.2, 0.25) is 0 Å². The smallest absolute Gasteiger partial charge is 0.417 e. The van der Waals surface area contributed by atoms with Crippen molar-refractivity contribution in [3.05, 3.63) is 122 Å². The lowest BCUT2D eigenvalue weighted by atomic mass is 10.0. The fourth-order valence-electron chi connectivity index (χ4n) is 6.23. The molecule has 11 nitrogen and oxygen atoms in total.